The van der Waals surface area contributed by atoms with Crippen LogP contribution in [0.25, 0.3) is 0 Å². The molecule has 0 radical (unpaired) electrons. The van der Waals surface area contributed by atoms with Crippen molar-refractivity contribution < 1.29 is 9.59 Å². The SMILES string of the molecule is O=C(Nc1ccc(C(=O)NC2CCCC2)cc1)NC12CC3CC(CC(C3)C1)C2. The highest BCUT2D eigenvalue weighted by Crippen LogP contribution is 2.55. The predicted molar refractivity (Wildman–Crippen MR) is 109 cm³/mol. The summed E-state index contributed by atoms with van der Waals surface area (Å²) >= 11 is 0. The summed E-state index contributed by atoms with van der Waals surface area (Å²) < 4.78 is 0. The van der Waals surface area contributed by atoms with Crippen LogP contribution in [-0.4, -0.2) is 23.5 Å². The van der Waals surface area contributed by atoms with E-state index in [0.717, 1.165) is 55.5 Å². The Hall–Kier alpha value is -2.04. The van der Waals surface area contributed by atoms with Gasteiger partial charge in [0.1, 0.15) is 0 Å². The highest BCUT2D eigenvalue weighted by molar-refractivity contribution is 5.95. The number of nitrogens with one attached hydrogen (secondary N) is 3. The minimum absolute atomic E-state index is 0.0138. The molecule has 4 bridgehead atoms. The summed E-state index contributed by atoms with van der Waals surface area (Å²) in [5, 5.41) is 9.41. The maximum atomic E-state index is 12.6. The lowest BCUT2D eigenvalue weighted by Crippen LogP contribution is -2.60. The molecule has 6 rings (SSSR count). The van der Waals surface area contributed by atoms with E-state index in [-0.39, 0.29) is 17.5 Å². The molecule has 150 valence electrons. The molecule has 0 aromatic heterocycles. The van der Waals surface area contributed by atoms with Gasteiger partial charge in [0, 0.05) is 22.8 Å². The highest BCUT2D eigenvalue weighted by atomic mass is 16.2. The highest BCUT2D eigenvalue weighted by Gasteiger charge is 2.51. The number of rotatable bonds is 4. The van der Waals surface area contributed by atoms with E-state index in [2.05, 4.69) is 16.0 Å². The van der Waals surface area contributed by atoms with Gasteiger partial charge in [0.15, 0.2) is 0 Å². The molecule has 5 aliphatic carbocycles. The van der Waals surface area contributed by atoms with E-state index in [1.807, 2.05) is 12.1 Å². The van der Waals surface area contributed by atoms with Gasteiger partial charge in [0.2, 0.25) is 0 Å². The normalized spacial score (nSPS) is 33.6. The Kier molecular flexibility index (Phi) is 4.56. The third-order valence-corrected chi connectivity index (χ3v) is 7.51. The van der Waals surface area contributed by atoms with Gasteiger partial charge < -0.3 is 16.0 Å². The number of amides is 3. The van der Waals surface area contributed by atoms with Crippen LogP contribution in [0.1, 0.15) is 74.6 Å². The molecule has 0 aliphatic heterocycles. The molecule has 5 nitrogen and oxygen atoms in total. The first-order chi connectivity index (χ1) is 13.6. The zero-order valence-electron chi connectivity index (χ0n) is 16.5. The van der Waals surface area contributed by atoms with Gasteiger partial charge in [0.05, 0.1) is 0 Å². The molecule has 5 aliphatic rings. The lowest BCUT2D eigenvalue weighted by atomic mass is 9.53. The van der Waals surface area contributed by atoms with E-state index in [1.165, 1.54) is 32.1 Å². The van der Waals surface area contributed by atoms with Gasteiger partial charge in [0.25, 0.3) is 5.91 Å². The van der Waals surface area contributed by atoms with Crippen molar-refractivity contribution in [3.05, 3.63) is 29.8 Å². The molecule has 28 heavy (non-hydrogen) atoms. The van der Waals surface area contributed by atoms with Crippen LogP contribution in [0, 0.1) is 17.8 Å². The Morgan fingerprint density at radius 1 is 0.857 bits per heavy atom. The molecule has 1 aromatic rings. The summed E-state index contributed by atoms with van der Waals surface area (Å²) in [6.45, 7) is 0. The second-order valence-corrected chi connectivity index (χ2v) is 9.81. The summed E-state index contributed by atoms with van der Waals surface area (Å²) in [6, 6.07) is 7.45. The monoisotopic (exact) mass is 381 g/mol. The summed E-state index contributed by atoms with van der Waals surface area (Å²) in [7, 11) is 0. The van der Waals surface area contributed by atoms with Gasteiger partial charge in [-0.2, -0.15) is 0 Å². The van der Waals surface area contributed by atoms with Crippen LogP contribution in [0.3, 0.4) is 0 Å². The molecule has 3 N–H and O–H groups in total. The van der Waals surface area contributed by atoms with Crippen molar-refractivity contribution >= 4 is 17.6 Å². The lowest BCUT2D eigenvalue weighted by Gasteiger charge is -2.56. The molecular weight excluding hydrogens is 350 g/mol. The molecule has 5 heteroatoms. The second kappa shape index (κ2) is 7.09. The fourth-order valence-corrected chi connectivity index (χ4v) is 6.71. The zero-order chi connectivity index (χ0) is 19.1. The van der Waals surface area contributed by atoms with Gasteiger partial charge >= 0.3 is 6.03 Å². The van der Waals surface area contributed by atoms with E-state index >= 15 is 0 Å². The lowest BCUT2D eigenvalue weighted by molar-refractivity contribution is -0.0127. The first-order valence-electron chi connectivity index (χ1n) is 11.1. The van der Waals surface area contributed by atoms with E-state index in [9.17, 15) is 9.59 Å². The number of benzene rings is 1. The molecule has 0 saturated heterocycles. The average Bonchev–Trinajstić information content (AvgIpc) is 3.13. The molecule has 0 heterocycles. The number of anilines is 1. The molecule has 0 unspecified atom stereocenters. The summed E-state index contributed by atoms with van der Waals surface area (Å²) in [5.41, 5.74) is 1.40. The van der Waals surface area contributed by atoms with E-state index in [1.54, 1.807) is 12.1 Å². The van der Waals surface area contributed by atoms with Crippen LogP contribution in [0.5, 0.6) is 0 Å². The maximum absolute atomic E-state index is 12.6. The second-order valence-electron chi connectivity index (χ2n) is 9.81. The third-order valence-electron chi connectivity index (χ3n) is 7.51. The number of urea groups is 1. The van der Waals surface area contributed by atoms with Crippen LogP contribution in [-0.2, 0) is 0 Å². The Balaban J connectivity index is 1.17. The van der Waals surface area contributed by atoms with Gasteiger partial charge in [-0.15, -0.1) is 0 Å². The van der Waals surface area contributed by atoms with E-state index in [4.69, 9.17) is 0 Å². The van der Waals surface area contributed by atoms with Crippen LogP contribution in [0.4, 0.5) is 10.5 Å². The first kappa shape index (κ1) is 18.0. The molecular formula is C23H31N3O2. The number of hydrogen-bond donors (Lipinski definition) is 3. The topological polar surface area (TPSA) is 70.2 Å². The average molecular weight is 382 g/mol. The minimum atomic E-state index is -0.106. The van der Waals surface area contributed by atoms with Crippen molar-refractivity contribution in [1.82, 2.24) is 10.6 Å². The van der Waals surface area contributed by atoms with Crippen molar-refractivity contribution in [2.45, 2.75) is 75.8 Å². The number of hydrogen-bond acceptors (Lipinski definition) is 2. The predicted octanol–water partition coefficient (Wildman–Crippen LogP) is 4.45. The van der Waals surface area contributed by atoms with Crippen molar-refractivity contribution in [2.75, 3.05) is 5.32 Å². The fraction of sp³-hybridized carbons (Fsp3) is 0.652. The summed E-state index contributed by atoms with van der Waals surface area (Å²) in [5.74, 6) is 2.41. The quantitative estimate of drug-likeness (QED) is 0.721. The van der Waals surface area contributed by atoms with Crippen molar-refractivity contribution in [2.24, 2.45) is 17.8 Å². The number of carbonyl (C=O) groups is 2. The Morgan fingerprint density at radius 2 is 1.43 bits per heavy atom. The van der Waals surface area contributed by atoms with Gasteiger partial charge in [-0.05, 0) is 93.4 Å². The molecule has 0 atom stereocenters. The summed E-state index contributed by atoms with van der Waals surface area (Å²) in [6.07, 6.45) is 12.1. The van der Waals surface area contributed by atoms with Gasteiger partial charge in [-0.3, -0.25) is 4.79 Å². The van der Waals surface area contributed by atoms with Crippen molar-refractivity contribution in [1.29, 1.82) is 0 Å². The Bertz CT molecular complexity index is 716. The molecule has 0 spiro atoms. The minimum Gasteiger partial charge on any atom is -0.349 e. The fourth-order valence-electron chi connectivity index (χ4n) is 6.71. The number of carbonyl (C=O) groups excluding carboxylic acids is 2. The third kappa shape index (κ3) is 3.63. The largest absolute Gasteiger partial charge is 0.349 e. The Labute approximate surface area is 167 Å². The van der Waals surface area contributed by atoms with Crippen molar-refractivity contribution in [3.63, 3.8) is 0 Å². The van der Waals surface area contributed by atoms with Crippen LogP contribution >= 0.6 is 0 Å². The van der Waals surface area contributed by atoms with Crippen LogP contribution in [0.2, 0.25) is 0 Å². The van der Waals surface area contributed by atoms with Crippen molar-refractivity contribution in [3.8, 4) is 0 Å². The van der Waals surface area contributed by atoms with Gasteiger partial charge in [-0.25, -0.2) is 4.79 Å². The van der Waals surface area contributed by atoms with Crippen LogP contribution < -0.4 is 16.0 Å². The maximum Gasteiger partial charge on any atom is 0.319 e. The first-order valence-corrected chi connectivity index (χ1v) is 11.1. The van der Waals surface area contributed by atoms with E-state index < -0.39 is 0 Å². The molecule has 1 aromatic carbocycles. The molecule has 5 fully saturated rings. The molecule has 3 amide bonds. The van der Waals surface area contributed by atoms with E-state index in [0.29, 0.717) is 11.6 Å². The standard InChI is InChI=1S/C23H31N3O2/c27-21(24-19-3-1-2-4-19)18-5-7-20(8-6-18)25-22(28)26-23-12-15-9-16(13-23)11-17(10-15)14-23/h5-8,15-17,19H,1-4,9-14H2,(H,24,27)(H2,25,26,28). The zero-order valence-corrected chi connectivity index (χ0v) is 16.5. The van der Waals surface area contributed by atoms with Gasteiger partial charge in [-0.1, -0.05) is 12.8 Å². The Morgan fingerprint density at radius 3 is 2.00 bits per heavy atom. The molecule has 5 saturated carbocycles. The van der Waals surface area contributed by atoms with Crippen LogP contribution in [0.15, 0.2) is 24.3 Å². The summed E-state index contributed by atoms with van der Waals surface area (Å²) in [4.78, 5) is 25.0. The smallest absolute Gasteiger partial charge is 0.319 e.